The molecule has 0 aliphatic carbocycles. The molecule has 0 fully saturated rings. The third-order valence-corrected chi connectivity index (χ3v) is 6.98. The number of ether oxygens (including phenoxy) is 1. The zero-order chi connectivity index (χ0) is 27.5. The molecule has 0 saturated heterocycles. The fraction of sp³-hybridized carbons (Fsp3) is 0.0323. The molecule has 6 rings (SSSR count). The molecule has 0 spiro atoms. The molecule has 0 amide bonds. The summed E-state index contributed by atoms with van der Waals surface area (Å²) in [5.74, 6) is 0.791. The lowest BCUT2D eigenvalue weighted by Gasteiger charge is -2.05. The quantitative estimate of drug-likeness (QED) is 0.238. The van der Waals surface area contributed by atoms with E-state index in [4.69, 9.17) is 9.84 Å². The van der Waals surface area contributed by atoms with Gasteiger partial charge in [-0.25, -0.2) is 9.07 Å². The van der Waals surface area contributed by atoms with E-state index < -0.39 is 0 Å². The van der Waals surface area contributed by atoms with Crippen molar-refractivity contribution < 1.29 is 9.13 Å². The van der Waals surface area contributed by atoms with Crippen molar-refractivity contribution in [3.63, 3.8) is 0 Å². The van der Waals surface area contributed by atoms with Gasteiger partial charge in [0, 0.05) is 17.3 Å². The van der Waals surface area contributed by atoms with E-state index in [0.29, 0.717) is 33.4 Å². The van der Waals surface area contributed by atoms with Crippen LogP contribution in [-0.4, -0.2) is 31.0 Å². The van der Waals surface area contributed by atoms with Crippen LogP contribution in [0.2, 0.25) is 0 Å². The number of para-hydroxylation sites is 1. The monoisotopic (exact) mass is 547 g/mol. The molecule has 3 aromatic carbocycles. The van der Waals surface area contributed by atoms with Gasteiger partial charge in [-0.05, 0) is 54.1 Å². The van der Waals surface area contributed by atoms with E-state index in [1.54, 1.807) is 35.0 Å². The standard InChI is InChI=1S/C31H22FN5O2S/c1-2-17-39-26-10-6-7-22(18-26)29-23(20-36(35-29)25-8-4-3-5-9-25)19-27-30(38)37-31(40-27)33-28(34-37)16-13-21-11-14-24(32)15-12-21/h2-16,18-20H,1,17H2/b16-13+,27-19-. The topological polar surface area (TPSA) is 74.3 Å². The molecular formula is C31H22FN5O2S. The minimum atomic E-state index is -0.302. The highest BCUT2D eigenvalue weighted by atomic mass is 32.1. The maximum Gasteiger partial charge on any atom is 0.291 e. The van der Waals surface area contributed by atoms with Gasteiger partial charge in [0.05, 0.1) is 10.2 Å². The molecule has 0 N–H and O–H groups in total. The second kappa shape index (κ2) is 10.9. The first kappa shape index (κ1) is 25.1. The summed E-state index contributed by atoms with van der Waals surface area (Å²) in [5.41, 5.74) is 3.75. The molecule has 40 heavy (non-hydrogen) atoms. The van der Waals surface area contributed by atoms with E-state index in [1.165, 1.54) is 28.0 Å². The number of nitrogens with zero attached hydrogens (tertiary/aromatic N) is 5. The molecule has 0 aliphatic heterocycles. The molecule has 0 unspecified atom stereocenters. The van der Waals surface area contributed by atoms with Crippen LogP contribution in [-0.2, 0) is 0 Å². The molecule has 3 heterocycles. The van der Waals surface area contributed by atoms with Crippen molar-refractivity contribution in [1.29, 1.82) is 0 Å². The summed E-state index contributed by atoms with van der Waals surface area (Å²) in [6.45, 7) is 4.10. The first-order valence-corrected chi connectivity index (χ1v) is 13.2. The average molecular weight is 548 g/mol. The lowest BCUT2D eigenvalue weighted by molar-refractivity contribution is 0.363. The largest absolute Gasteiger partial charge is 0.490 e. The Bertz CT molecular complexity index is 1960. The van der Waals surface area contributed by atoms with Crippen LogP contribution >= 0.6 is 11.3 Å². The number of fused-ring (bicyclic) bond motifs is 1. The highest BCUT2D eigenvalue weighted by molar-refractivity contribution is 7.15. The Hall–Kier alpha value is -5.15. The van der Waals surface area contributed by atoms with Crippen LogP contribution in [0.15, 0.2) is 103 Å². The van der Waals surface area contributed by atoms with Crippen LogP contribution < -0.4 is 14.8 Å². The number of rotatable bonds is 8. The molecule has 0 bridgehead atoms. The Balaban J connectivity index is 1.40. The summed E-state index contributed by atoms with van der Waals surface area (Å²) >= 11 is 1.25. The molecule has 196 valence electrons. The van der Waals surface area contributed by atoms with Crippen LogP contribution in [0.5, 0.6) is 5.75 Å². The SMILES string of the molecule is C=CCOc1cccc(-c2nn(-c3ccccc3)cc2/C=c2\sc3nc(/C=C/c4ccc(F)cc4)nn3c2=O)c1. The van der Waals surface area contributed by atoms with Gasteiger partial charge in [0.25, 0.3) is 5.56 Å². The van der Waals surface area contributed by atoms with Crippen molar-refractivity contribution in [1.82, 2.24) is 24.4 Å². The van der Waals surface area contributed by atoms with E-state index in [0.717, 1.165) is 22.4 Å². The van der Waals surface area contributed by atoms with Crippen molar-refractivity contribution in [3.05, 3.63) is 135 Å². The van der Waals surface area contributed by atoms with Gasteiger partial charge in [-0.1, -0.05) is 72.5 Å². The maximum atomic E-state index is 13.3. The van der Waals surface area contributed by atoms with Crippen molar-refractivity contribution in [2.24, 2.45) is 0 Å². The minimum Gasteiger partial charge on any atom is -0.490 e. The highest BCUT2D eigenvalue weighted by Crippen LogP contribution is 2.27. The lowest BCUT2D eigenvalue weighted by atomic mass is 10.1. The molecule has 0 saturated carbocycles. The Labute approximate surface area is 232 Å². The van der Waals surface area contributed by atoms with Gasteiger partial charge in [0.2, 0.25) is 4.96 Å². The number of hydrogen-bond donors (Lipinski definition) is 0. The molecule has 0 radical (unpaired) electrons. The molecule has 0 atom stereocenters. The van der Waals surface area contributed by atoms with Crippen LogP contribution in [0, 0.1) is 5.82 Å². The normalized spacial score (nSPS) is 12.0. The average Bonchev–Trinajstić information content (AvgIpc) is 3.67. The number of aromatic nitrogens is 5. The minimum absolute atomic E-state index is 0.268. The molecule has 6 aromatic rings. The predicted octanol–water partition coefficient (Wildman–Crippen LogP) is 5.43. The second-order valence-corrected chi connectivity index (χ2v) is 9.81. The van der Waals surface area contributed by atoms with Gasteiger partial charge < -0.3 is 4.74 Å². The number of thiazole rings is 1. The fourth-order valence-electron chi connectivity index (χ4n) is 4.12. The summed E-state index contributed by atoms with van der Waals surface area (Å²) in [7, 11) is 0. The van der Waals surface area contributed by atoms with Crippen LogP contribution in [0.4, 0.5) is 4.39 Å². The van der Waals surface area contributed by atoms with Crippen LogP contribution in [0.25, 0.3) is 40.1 Å². The van der Waals surface area contributed by atoms with Crippen molar-refractivity contribution in [3.8, 4) is 22.7 Å². The first-order valence-electron chi connectivity index (χ1n) is 12.4. The predicted molar refractivity (Wildman–Crippen MR) is 156 cm³/mol. The van der Waals surface area contributed by atoms with Crippen LogP contribution in [0.3, 0.4) is 0 Å². The fourth-order valence-corrected chi connectivity index (χ4v) is 5.03. The summed E-state index contributed by atoms with van der Waals surface area (Å²) in [5, 5.41) is 9.21. The molecular weight excluding hydrogens is 525 g/mol. The van der Waals surface area contributed by atoms with Gasteiger partial charge in [0.15, 0.2) is 5.82 Å². The molecule has 9 heteroatoms. The van der Waals surface area contributed by atoms with Gasteiger partial charge in [-0.3, -0.25) is 4.79 Å². The van der Waals surface area contributed by atoms with E-state index in [2.05, 4.69) is 16.7 Å². The molecule has 7 nitrogen and oxygen atoms in total. The smallest absolute Gasteiger partial charge is 0.291 e. The number of hydrogen-bond acceptors (Lipinski definition) is 6. The third-order valence-electron chi connectivity index (χ3n) is 6.02. The van der Waals surface area contributed by atoms with Crippen molar-refractivity contribution in [2.75, 3.05) is 6.61 Å². The van der Waals surface area contributed by atoms with Gasteiger partial charge in [0.1, 0.15) is 23.9 Å². The second-order valence-electron chi connectivity index (χ2n) is 8.81. The van der Waals surface area contributed by atoms with E-state index >= 15 is 0 Å². The summed E-state index contributed by atoms with van der Waals surface area (Å²) < 4.78 is 22.5. The van der Waals surface area contributed by atoms with E-state index in [9.17, 15) is 9.18 Å². The Morgan fingerprint density at radius 2 is 1.80 bits per heavy atom. The number of benzene rings is 3. The van der Waals surface area contributed by atoms with E-state index in [1.807, 2.05) is 66.9 Å². The summed E-state index contributed by atoms with van der Waals surface area (Å²) in [6, 6.07) is 23.5. The molecule has 3 aromatic heterocycles. The van der Waals surface area contributed by atoms with Gasteiger partial charge in [-0.2, -0.15) is 14.6 Å². The molecule has 0 aliphatic rings. The first-order chi connectivity index (χ1) is 19.6. The Morgan fingerprint density at radius 3 is 2.58 bits per heavy atom. The zero-order valence-electron chi connectivity index (χ0n) is 21.1. The van der Waals surface area contributed by atoms with Crippen molar-refractivity contribution in [2.45, 2.75) is 0 Å². The maximum absolute atomic E-state index is 13.3. The van der Waals surface area contributed by atoms with Gasteiger partial charge >= 0.3 is 0 Å². The Morgan fingerprint density at radius 1 is 0.975 bits per heavy atom. The summed E-state index contributed by atoms with van der Waals surface area (Å²) in [6.07, 6.45) is 8.87. The van der Waals surface area contributed by atoms with E-state index in [-0.39, 0.29) is 11.4 Å². The van der Waals surface area contributed by atoms with Crippen LogP contribution in [0.1, 0.15) is 17.0 Å². The third kappa shape index (κ3) is 5.23. The van der Waals surface area contributed by atoms with Gasteiger partial charge in [-0.15, -0.1) is 5.10 Å². The number of halogens is 1. The zero-order valence-corrected chi connectivity index (χ0v) is 22.0. The highest BCUT2D eigenvalue weighted by Gasteiger charge is 2.14. The summed E-state index contributed by atoms with van der Waals surface area (Å²) in [4.78, 5) is 18.2. The Kier molecular flexibility index (Phi) is 6.86. The lowest BCUT2D eigenvalue weighted by Crippen LogP contribution is -2.23. The van der Waals surface area contributed by atoms with Crippen molar-refractivity contribution >= 4 is 34.5 Å².